The number of carbonyl (C=O) groups is 1. The van der Waals surface area contributed by atoms with Crippen LogP contribution in [-0.2, 0) is 9.53 Å². The predicted molar refractivity (Wildman–Crippen MR) is 71.3 cm³/mol. The normalized spacial score (nSPS) is 26.7. The summed E-state index contributed by atoms with van der Waals surface area (Å²) in [5.41, 5.74) is -0.429. The minimum Gasteiger partial charge on any atom is -0.459 e. The Morgan fingerprint density at radius 3 is 2.39 bits per heavy atom. The molecule has 0 aromatic carbocycles. The molecule has 1 saturated carbocycles. The first kappa shape index (κ1) is 15.4. The second kappa shape index (κ2) is 6.53. The van der Waals surface area contributed by atoms with Crippen LogP contribution in [0.5, 0.6) is 0 Å². The van der Waals surface area contributed by atoms with E-state index >= 15 is 0 Å². The number of ether oxygens (including phenoxy) is 1. The molecule has 1 unspecified atom stereocenters. The fraction of sp³-hybridized carbons (Fsp3) is 0.929. The van der Waals surface area contributed by atoms with Crippen LogP contribution in [-0.4, -0.2) is 35.4 Å². The monoisotopic (exact) mass is 257 g/mol. The molecule has 0 radical (unpaired) electrons. The zero-order valence-corrected chi connectivity index (χ0v) is 12.0. The topological polar surface area (TPSA) is 58.6 Å². The van der Waals surface area contributed by atoms with Crippen molar-refractivity contribution in [1.82, 2.24) is 5.32 Å². The van der Waals surface area contributed by atoms with Gasteiger partial charge in [-0.2, -0.15) is 0 Å². The van der Waals surface area contributed by atoms with Crippen LogP contribution in [0, 0.1) is 5.92 Å². The maximum absolute atomic E-state index is 11.8. The molecule has 4 heteroatoms. The second-order valence-electron chi connectivity index (χ2n) is 6.34. The summed E-state index contributed by atoms with van der Waals surface area (Å²) >= 11 is 0. The Balaban J connectivity index is 2.24. The van der Waals surface area contributed by atoms with Gasteiger partial charge in [0.25, 0.3) is 0 Å². The van der Waals surface area contributed by atoms with E-state index in [0.717, 1.165) is 32.2 Å². The van der Waals surface area contributed by atoms with Gasteiger partial charge in [0.05, 0.1) is 6.10 Å². The molecule has 0 aromatic heterocycles. The lowest BCUT2D eigenvalue weighted by Gasteiger charge is -2.27. The van der Waals surface area contributed by atoms with Crippen LogP contribution in [0.25, 0.3) is 0 Å². The van der Waals surface area contributed by atoms with Crippen molar-refractivity contribution < 1.29 is 14.6 Å². The molecule has 0 amide bonds. The molecule has 106 valence electrons. The zero-order chi connectivity index (χ0) is 13.8. The van der Waals surface area contributed by atoms with Gasteiger partial charge in [0.15, 0.2) is 0 Å². The molecule has 0 heterocycles. The van der Waals surface area contributed by atoms with Crippen LogP contribution in [0.2, 0.25) is 0 Å². The average molecular weight is 257 g/mol. The Labute approximate surface area is 110 Å². The fourth-order valence-electron chi connectivity index (χ4n) is 2.17. The summed E-state index contributed by atoms with van der Waals surface area (Å²) < 4.78 is 5.32. The largest absolute Gasteiger partial charge is 0.459 e. The van der Waals surface area contributed by atoms with Crippen LogP contribution in [0.1, 0.15) is 53.4 Å². The molecule has 18 heavy (non-hydrogen) atoms. The van der Waals surface area contributed by atoms with Crippen molar-refractivity contribution in [2.45, 2.75) is 71.1 Å². The molecule has 0 spiro atoms. The van der Waals surface area contributed by atoms with E-state index in [1.165, 1.54) is 0 Å². The average Bonchev–Trinajstić information content (AvgIpc) is 2.25. The molecule has 1 aliphatic carbocycles. The predicted octanol–water partition coefficient (Wildman–Crippen LogP) is 1.86. The molecule has 1 fully saturated rings. The molecule has 2 N–H and O–H groups in total. The summed E-state index contributed by atoms with van der Waals surface area (Å²) in [6.45, 7) is 8.29. The number of rotatable bonds is 4. The van der Waals surface area contributed by atoms with E-state index < -0.39 is 5.60 Å². The number of carbonyl (C=O) groups excluding carboxylic acids is 1. The van der Waals surface area contributed by atoms with E-state index in [1.54, 1.807) is 0 Å². The smallest absolute Gasteiger partial charge is 0.323 e. The molecule has 0 saturated heterocycles. The van der Waals surface area contributed by atoms with E-state index in [4.69, 9.17) is 4.74 Å². The third-order valence-electron chi connectivity index (χ3n) is 3.29. The van der Waals surface area contributed by atoms with Gasteiger partial charge in [-0.3, -0.25) is 4.79 Å². The van der Waals surface area contributed by atoms with Crippen molar-refractivity contribution in [3.8, 4) is 0 Å². The molecule has 4 nitrogen and oxygen atoms in total. The van der Waals surface area contributed by atoms with Crippen molar-refractivity contribution in [2.75, 3.05) is 6.54 Å². The maximum Gasteiger partial charge on any atom is 0.323 e. The van der Waals surface area contributed by atoms with Crippen LogP contribution >= 0.6 is 0 Å². The lowest BCUT2D eigenvalue weighted by molar-refractivity contribution is -0.157. The minimum absolute atomic E-state index is 0.121. The number of nitrogens with one attached hydrogen (secondary N) is 1. The van der Waals surface area contributed by atoms with Crippen molar-refractivity contribution >= 4 is 5.97 Å². The molecule has 0 aliphatic heterocycles. The highest BCUT2D eigenvalue weighted by Gasteiger charge is 2.24. The third kappa shape index (κ3) is 5.83. The van der Waals surface area contributed by atoms with Gasteiger partial charge in [0, 0.05) is 0 Å². The summed E-state index contributed by atoms with van der Waals surface area (Å²) in [6.07, 6.45) is 3.72. The van der Waals surface area contributed by atoms with Gasteiger partial charge in [-0.05, 0) is 65.8 Å². The molecular formula is C14H27NO3. The summed E-state index contributed by atoms with van der Waals surface area (Å²) in [6, 6.07) is -0.268. The van der Waals surface area contributed by atoms with E-state index in [9.17, 15) is 9.90 Å². The molecule has 1 rings (SSSR count). The zero-order valence-electron chi connectivity index (χ0n) is 12.0. The number of hydrogen-bond acceptors (Lipinski definition) is 4. The summed E-state index contributed by atoms with van der Waals surface area (Å²) in [5.74, 6) is 0.372. The quantitative estimate of drug-likeness (QED) is 0.755. The van der Waals surface area contributed by atoms with Crippen molar-refractivity contribution in [3.05, 3.63) is 0 Å². The molecular weight excluding hydrogens is 230 g/mol. The number of aliphatic hydroxyl groups is 1. The van der Waals surface area contributed by atoms with Crippen LogP contribution < -0.4 is 5.32 Å². The highest BCUT2D eigenvalue weighted by molar-refractivity contribution is 5.75. The summed E-state index contributed by atoms with van der Waals surface area (Å²) in [7, 11) is 0. The van der Waals surface area contributed by atoms with Crippen LogP contribution in [0.4, 0.5) is 0 Å². The minimum atomic E-state index is -0.429. The van der Waals surface area contributed by atoms with Gasteiger partial charge in [-0.1, -0.05) is 0 Å². The van der Waals surface area contributed by atoms with Gasteiger partial charge < -0.3 is 15.2 Å². The Morgan fingerprint density at radius 1 is 1.33 bits per heavy atom. The Bertz CT molecular complexity index is 265. The van der Waals surface area contributed by atoms with E-state index in [0.29, 0.717) is 5.92 Å². The molecule has 1 aliphatic rings. The Morgan fingerprint density at radius 2 is 1.89 bits per heavy atom. The van der Waals surface area contributed by atoms with E-state index in [-0.39, 0.29) is 18.1 Å². The van der Waals surface area contributed by atoms with E-state index in [2.05, 4.69) is 5.32 Å². The molecule has 1 atom stereocenters. The lowest BCUT2D eigenvalue weighted by atomic mass is 9.87. The van der Waals surface area contributed by atoms with Gasteiger partial charge in [0.2, 0.25) is 0 Å². The summed E-state index contributed by atoms with van der Waals surface area (Å²) in [4.78, 5) is 11.8. The fourth-order valence-corrected chi connectivity index (χ4v) is 2.17. The van der Waals surface area contributed by atoms with Crippen molar-refractivity contribution in [1.29, 1.82) is 0 Å². The number of esters is 1. The highest BCUT2D eigenvalue weighted by Crippen LogP contribution is 2.23. The van der Waals surface area contributed by atoms with Gasteiger partial charge in [-0.15, -0.1) is 0 Å². The lowest BCUT2D eigenvalue weighted by Crippen LogP contribution is -2.41. The molecule has 0 bridgehead atoms. The van der Waals surface area contributed by atoms with Crippen molar-refractivity contribution in [3.63, 3.8) is 0 Å². The van der Waals surface area contributed by atoms with Crippen LogP contribution in [0.15, 0.2) is 0 Å². The second-order valence-corrected chi connectivity index (χ2v) is 6.34. The first-order valence-corrected chi connectivity index (χ1v) is 6.92. The number of aliphatic hydroxyl groups excluding tert-OH is 1. The summed E-state index contributed by atoms with van der Waals surface area (Å²) in [5, 5.41) is 12.7. The van der Waals surface area contributed by atoms with Crippen molar-refractivity contribution in [2.24, 2.45) is 5.92 Å². The Hall–Kier alpha value is -0.610. The SMILES string of the molecule is CC(NCC1CCC(O)CC1)C(=O)OC(C)(C)C. The first-order valence-electron chi connectivity index (χ1n) is 6.92. The highest BCUT2D eigenvalue weighted by atomic mass is 16.6. The van der Waals surface area contributed by atoms with Gasteiger partial charge in [0.1, 0.15) is 11.6 Å². The van der Waals surface area contributed by atoms with E-state index in [1.807, 2.05) is 27.7 Å². The maximum atomic E-state index is 11.8. The third-order valence-corrected chi connectivity index (χ3v) is 3.29. The number of hydrogen-bond donors (Lipinski definition) is 2. The van der Waals surface area contributed by atoms with Gasteiger partial charge >= 0.3 is 5.97 Å². The Kier molecular flexibility index (Phi) is 5.60. The molecule has 0 aromatic rings. The van der Waals surface area contributed by atoms with Crippen LogP contribution in [0.3, 0.4) is 0 Å². The van der Waals surface area contributed by atoms with Gasteiger partial charge in [-0.25, -0.2) is 0 Å². The standard InChI is InChI=1S/C14H27NO3/c1-10(13(17)18-14(2,3)4)15-9-11-5-7-12(16)8-6-11/h10-12,15-16H,5-9H2,1-4H3. The first-order chi connectivity index (χ1) is 8.28.